The lowest BCUT2D eigenvalue weighted by molar-refractivity contribution is 0.101. The maximum atomic E-state index is 14.3. The molecule has 2 aromatic heterocycles. The van der Waals surface area contributed by atoms with Crippen molar-refractivity contribution in [2.75, 3.05) is 5.32 Å². The molecule has 150 valence electrons. The molecule has 0 saturated heterocycles. The van der Waals surface area contributed by atoms with E-state index in [-0.39, 0.29) is 11.5 Å². The van der Waals surface area contributed by atoms with Gasteiger partial charge in [0.25, 0.3) is 0 Å². The Kier molecular flexibility index (Phi) is 5.74. The van der Waals surface area contributed by atoms with E-state index in [0.29, 0.717) is 38.5 Å². The number of thiazole rings is 1. The number of pyridine rings is 1. The Morgan fingerprint density at radius 1 is 1.17 bits per heavy atom. The number of benzene rings is 2. The van der Waals surface area contributed by atoms with Gasteiger partial charge in [-0.05, 0) is 61.5 Å². The molecular formula is C22H15ClFN3O2S. The van der Waals surface area contributed by atoms with Crippen LogP contribution in [0.4, 0.5) is 15.2 Å². The predicted octanol–water partition coefficient (Wildman–Crippen LogP) is 6.74. The van der Waals surface area contributed by atoms with E-state index in [1.54, 1.807) is 67.0 Å². The van der Waals surface area contributed by atoms with E-state index in [1.807, 2.05) is 0 Å². The van der Waals surface area contributed by atoms with Crippen LogP contribution in [0, 0.1) is 5.13 Å². The zero-order valence-electron chi connectivity index (χ0n) is 15.7. The standard InChI is InChI=1S/C22H15ClFN3O2S/c1-13(28)18-11-16(6-9-19(18)29-17-7-4-15(23)5-8-17)26-22-27-20(21(24)30-22)14-3-2-10-25-12-14/h2-12H,1H3,(H,26,27). The quantitative estimate of drug-likeness (QED) is 0.337. The molecule has 0 amide bonds. The van der Waals surface area contributed by atoms with Gasteiger partial charge in [0.2, 0.25) is 5.13 Å². The van der Waals surface area contributed by atoms with Crippen LogP contribution >= 0.6 is 22.9 Å². The maximum absolute atomic E-state index is 14.3. The van der Waals surface area contributed by atoms with Crippen LogP contribution in [0.2, 0.25) is 5.02 Å². The molecule has 30 heavy (non-hydrogen) atoms. The number of hydrogen-bond acceptors (Lipinski definition) is 6. The molecule has 2 heterocycles. The van der Waals surface area contributed by atoms with Crippen LogP contribution in [0.5, 0.6) is 11.5 Å². The number of halogens is 2. The lowest BCUT2D eigenvalue weighted by Crippen LogP contribution is -1.99. The van der Waals surface area contributed by atoms with Gasteiger partial charge in [-0.25, -0.2) is 4.98 Å². The van der Waals surface area contributed by atoms with E-state index in [0.717, 1.165) is 11.3 Å². The Balaban J connectivity index is 1.59. The Hall–Kier alpha value is -3.29. The van der Waals surface area contributed by atoms with Gasteiger partial charge in [0, 0.05) is 28.7 Å². The maximum Gasteiger partial charge on any atom is 0.206 e. The normalized spacial score (nSPS) is 10.6. The second-order valence-corrected chi connectivity index (χ2v) is 7.72. The van der Waals surface area contributed by atoms with Gasteiger partial charge in [-0.15, -0.1) is 0 Å². The van der Waals surface area contributed by atoms with E-state index in [1.165, 1.54) is 6.92 Å². The fourth-order valence-electron chi connectivity index (χ4n) is 2.76. The topological polar surface area (TPSA) is 64.1 Å². The van der Waals surface area contributed by atoms with Gasteiger partial charge >= 0.3 is 0 Å². The third-order valence-electron chi connectivity index (χ3n) is 4.17. The van der Waals surface area contributed by atoms with Crippen LogP contribution < -0.4 is 10.1 Å². The summed E-state index contributed by atoms with van der Waals surface area (Å²) in [7, 11) is 0. The van der Waals surface area contributed by atoms with Gasteiger partial charge in [0.1, 0.15) is 17.2 Å². The molecule has 5 nitrogen and oxygen atoms in total. The molecular weight excluding hydrogens is 425 g/mol. The molecule has 0 unspecified atom stereocenters. The van der Waals surface area contributed by atoms with E-state index in [9.17, 15) is 9.18 Å². The van der Waals surface area contributed by atoms with Gasteiger partial charge < -0.3 is 10.1 Å². The van der Waals surface area contributed by atoms with E-state index in [4.69, 9.17) is 16.3 Å². The summed E-state index contributed by atoms with van der Waals surface area (Å²) in [5.41, 5.74) is 1.80. The van der Waals surface area contributed by atoms with Crippen molar-refractivity contribution < 1.29 is 13.9 Å². The molecule has 0 aliphatic rings. The molecule has 0 atom stereocenters. The highest BCUT2D eigenvalue weighted by Gasteiger charge is 2.15. The van der Waals surface area contributed by atoms with Crippen molar-refractivity contribution in [1.82, 2.24) is 9.97 Å². The Morgan fingerprint density at radius 3 is 2.67 bits per heavy atom. The van der Waals surface area contributed by atoms with Crippen LogP contribution in [0.15, 0.2) is 67.0 Å². The zero-order chi connectivity index (χ0) is 21.1. The average Bonchev–Trinajstić information content (AvgIpc) is 3.11. The molecule has 0 radical (unpaired) electrons. The first-order valence-corrected chi connectivity index (χ1v) is 10.1. The molecule has 0 aliphatic carbocycles. The summed E-state index contributed by atoms with van der Waals surface area (Å²) in [4.78, 5) is 20.5. The monoisotopic (exact) mass is 439 g/mol. The number of anilines is 2. The number of rotatable bonds is 6. The molecule has 0 aliphatic heterocycles. The molecule has 1 N–H and O–H groups in total. The van der Waals surface area contributed by atoms with Gasteiger partial charge in [-0.1, -0.05) is 22.9 Å². The van der Waals surface area contributed by atoms with Gasteiger partial charge in [0.05, 0.1) is 5.56 Å². The summed E-state index contributed by atoms with van der Waals surface area (Å²) in [6.07, 6.45) is 3.17. The van der Waals surface area contributed by atoms with E-state index >= 15 is 0 Å². The Morgan fingerprint density at radius 2 is 1.97 bits per heavy atom. The highest BCUT2D eigenvalue weighted by molar-refractivity contribution is 7.14. The molecule has 0 fully saturated rings. The molecule has 0 saturated carbocycles. The van der Waals surface area contributed by atoms with Crippen molar-refractivity contribution in [1.29, 1.82) is 0 Å². The summed E-state index contributed by atoms with van der Waals surface area (Å²) in [5.74, 6) is 0.812. The molecule has 4 aromatic rings. The summed E-state index contributed by atoms with van der Waals surface area (Å²) in [5, 5.41) is 3.59. The number of ketones is 1. The average molecular weight is 440 g/mol. The third kappa shape index (κ3) is 4.48. The van der Waals surface area contributed by atoms with Crippen molar-refractivity contribution in [3.8, 4) is 22.8 Å². The number of nitrogens with zero attached hydrogens (tertiary/aromatic N) is 2. The van der Waals surface area contributed by atoms with Crippen LogP contribution in [0.3, 0.4) is 0 Å². The Labute approximate surface area is 181 Å². The van der Waals surface area contributed by atoms with Gasteiger partial charge in [0.15, 0.2) is 10.9 Å². The third-order valence-corrected chi connectivity index (χ3v) is 5.18. The molecule has 4 rings (SSSR count). The number of aromatic nitrogens is 2. The number of hydrogen-bond donors (Lipinski definition) is 1. The second kappa shape index (κ2) is 8.61. The van der Waals surface area contributed by atoms with Crippen molar-refractivity contribution >= 4 is 39.5 Å². The fraction of sp³-hybridized carbons (Fsp3) is 0.0455. The van der Waals surface area contributed by atoms with Crippen LogP contribution in [0.25, 0.3) is 11.3 Å². The number of Topliss-reactive ketones (excluding diaryl/α,β-unsaturated/α-hetero) is 1. The van der Waals surface area contributed by atoms with Crippen molar-refractivity contribution in [3.05, 3.63) is 82.7 Å². The first-order valence-electron chi connectivity index (χ1n) is 8.92. The summed E-state index contributed by atoms with van der Waals surface area (Å²) in [6, 6.07) is 15.4. The SMILES string of the molecule is CC(=O)c1cc(Nc2nc(-c3cccnc3)c(F)s2)ccc1Oc1ccc(Cl)cc1. The molecule has 8 heteroatoms. The number of carbonyl (C=O) groups excluding carboxylic acids is 1. The number of nitrogens with one attached hydrogen (secondary N) is 1. The largest absolute Gasteiger partial charge is 0.457 e. The predicted molar refractivity (Wildman–Crippen MR) is 117 cm³/mol. The summed E-state index contributed by atoms with van der Waals surface area (Å²) >= 11 is 6.77. The van der Waals surface area contributed by atoms with Crippen molar-refractivity contribution in [2.24, 2.45) is 0 Å². The van der Waals surface area contributed by atoms with Crippen molar-refractivity contribution in [3.63, 3.8) is 0 Å². The van der Waals surface area contributed by atoms with Crippen LogP contribution in [-0.4, -0.2) is 15.8 Å². The van der Waals surface area contributed by atoms with Crippen LogP contribution in [0.1, 0.15) is 17.3 Å². The van der Waals surface area contributed by atoms with Crippen LogP contribution in [-0.2, 0) is 0 Å². The van der Waals surface area contributed by atoms with E-state index in [2.05, 4.69) is 15.3 Å². The zero-order valence-corrected chi connectivity index (χ0v) is 17.3. The lowest BCUT2D eigenvalue weighted by atomic mass is 10.1. The Bertz CT molecular complexity index is 1200. The minimum Gasteiger partial charge on any atom is -0.457 e. The fourth-order valence-corrected chi connectivity index (χ4v) is 3.62. The minimum atomic E-state index is -0.417. The number of carbonyl (C=O) groups is 1. The highest BCUT2D eigenvalue weighted by atomic mass is 35.5. The van der Waals surface area contributed by atoms with Gasteiger partial charge in [-0.2, -0.15) is 4.39 Å². The smallest absolute Gasteiger partial charge is 0.206 e. The highest BCUT2D eigenvalue weighted by Crippen LogP contribution is 2.33. The van der Waals surface area contributed by atoms with Crippen molar-refractivity contribution in [2.45, 2.75) is 6.92 Å². The molecule has 2 aromatic carbocycles. The summed E-state index contributed by atoms with van der Waals surface area (Å²) < 4.78 is 20.2. The second-order valence-electron chi connectivity index (χ2n) is 6.33. The first-order chi connectivity index (χ1) is 14.5. The van der Waals surface area contributed by atoms with Gasteiger partial charge in [-0.3, -0.25) is 9.78 Å². The van der Waals surface area contributed by atoms with E-state index < -0.39 is 5.13 Å². The first kappa shape index (κ1) is 20.0. The lowest BCUT2D eigenvalue weighted by Gasteiger charge is -2.12. The molecule has 0 bridgehead atoms. The number of ether oxygens (including phenoxy) is 1. The minimum absolute atomic E-state index is 0.163. The molecule has 0 spiro atoms. The summed E-state index contributed by atoms with van der Waals surface area (Å²) in [6.45, 7) is 1.46.